The third-order valence-corrected chi connectivity index (χ3v) is 5.81. The summed E-state index contributed by atoms with van der Waals surface area (Å²) in [7, 11) is 0. The van der Waals surface area contributed by atoms with E-state index in [2.05, 4.69) is 29.7 Å². The first kappa shape index (κ1) is 19.0. The second-order valence-corrected chi connectivity index (χ2v) is 8.14. The van der Waals surface area contributed by atoms with Gasteiger partial charge < -0.3 is 14.4 Å². The topological polar surface area (TPSA) is 47.3 Å². The smallest absolute Gasteiger partial charge is 0.122 e. The van der Waals surface area contributed by atoms with E-state index in [0.29, 0.717) is 12.5 Å². The van der Waals surface area contributed by atoms with Gasteiger partial charge in [0.1, 0.15) is 24.3 Å². The van der Waals surface area contributed by atoms with Crippen molar-refractivity contribution in [2.75, 3.05) is 6.61 Å². The summed E-state index contributed by atoms with van der Waals surface area (Å²) in [5.74, 6) is 2.47. The van der Waals surface area contributed by atoms with Crippen LogP contribution < -0.4 is 4.74 Å². The average Bonchev–Trinajstić information content (AvgIpc) is 3.06. The summed E-state index contributed by atoms with van der Waals surface area (Å²) < 4.78 is 8.14. The molecule has 2 aromatic carbocycles. The van der Waals surface area contributed by atoms with Crippen molar-refractivity contribution in [1.82, 2.24) is 9.55 Å². The molecule has 0 spiro atoms. The second-order valence-electron chi connectivity index (χ2n) is 8.14. The molecule has 1 fully saturated rings. The van der Waals surface area contributed by atoms with Gasteiger partial charge in [-0.1, -0.05) is 49.1 Å². The van der Waals surface area contributed by atoms with Gasteiger partial charge in [-0.3, -0.25) is 0 Å². The maximum Gasteiger partial charge on any atom is 0.122 e. The van der Waals surface area contributed by atoms with Gasteiger partial charge in [0.2, 0.25) is 0 Å². The van der Waals surface area contributed by atoms with Gasteiger partial charge in [-0.2, -0.15) is 0 Å². The van der Waals surface area contributed by atoms with Crippen LogP contribution in [0, 0.1) is 13.8 Å². The molecule has 1 heterocycles. The minimum absolute atomic E-state index is 0.278. The first-order valence-corrected chi connectivity index (χ1v) is 10.4. The van der Waals surface area contributed by atoms with Gasteiger partial charge in [-0.25, -0.2) is 4.98 Å². The first-order chi connectivity index (χ1) is 13.6. The zero-order valence-corrected chi connectivity index (χ0v) is 16.9. The van der Waals surface area contributed by atoms with E-state index in [0.717, 1.165) is 28.2 Å². The molecule has 0 radical (unpaired) electrons. The fourth-order valence-electron chi connectivity index (χ4n) is 4.37. The van der Waals surface area contributed by atoms with Crippen LogP contribution in [0.25, 0.3) is 11.0 Å². The number of aromatic nitrogens is 2. The van der Waals surface area contributed by atoms with E-state index in [1.165, 1.54) is 37.7 Å². The largest absolute Gasteiger partial charge is 0.491 e. The van der Waals surface area contributed by atoms with E-state index in [9.17, 15) is 5.11 Å². The van der Waals surface area contributed by atoms with Crippen LogP contribution in [0.3, 0.4) is 0 Å². The molecule has 0 amide bonds. The van der Waals surface area contributed by atoms with Gasteiger partial charge in [-0.05, 0) is 50.5 Å². The molecule has 4 heteroatoms. The van der Waals surface area contributed by atoms with Gasteiger partial charge in [-0.15, -0.1) is 0 Å². The SMILES string of the molecule is Cc1ccc(OCC(O)Cn2c(C3CCCCC3)nc3ccccc32)c(C)c1. The van der Waals surface area contributed by atoms with Crippen molar-refractivity contribution < 1.29 is 9.84 Å². The van der Waals surface area contributed by atoms with Gasteiger partial charge in [0.15, 0.2) is 0 Å². The van der Waals surface area contributed by atoms with Gasteiger partial charge >= 0.3 is 0 Å². The molecule has 0 bridgehead atoms. The van der Waals surface area contributed by atoms with Crippen LogP contribution in [0.4, 0.5) is 0 Å². The van der Waals surface area contributed by atoms with Crippen LogP contribution in [-0.4, -0.2) is 27.4 Å². The number of hydrogen-bond donors (Lipinski definition) is 1. The van der Waals surface area contributed by atoms with E-state index in [1.807, 2.05) is 31.2 Å². The maximum atomic E-state index is 10.7. The van der Waals surface area contributed by atoms with Crippen LogP contribution in [0.1, 0.15) is 55.0 Å². The highest BCUT2D eigenvalue weighted by Crippen LogP contribution is 2.34. The molecule has 1 saturated carbocycles. The van der Waals surface area contributed by atoms with E-state index < -0.39 is 6.10 Å². The molecule has 1 unspecified atom stereocenters. The molecule has 0 saturated heterocycles. The summed E-state index contributed by atoms with van der Waals surface area (Å²) >= 11 is 0. The molecule has 3 aromatic rings. The molecular formula is C24H30N2O2. The van der Waals surface area contributed by atoms with Gasteiger partial charge in [0.25, 0.3) is 0 Å². The Morgan fingerprint density at radius 3 is 2.68 bits per heavy atom. The van der Waals surface area contributed by atoms with Crippen LogP contribution >= 0.6 is 0 Å². The average molecular weight is 379 g/mol. The van der Waals surface area contributed by atoms with Crippen molar-refractivity contribution in [3.05, 3.63) is 59.4 Å². The number of aliphatic hydroxyl groups excluding tert-OH is 1. The van der Waals surface area contributed by atoms with Crippen molar-refractivity contribution in [3.8, 4) is 5.75 Å². The van der Waals surface area contributed by atoms with Gasteiger partial charge in [0, 0.05) is 5.92 Å². The Morgan fingerprint density at radius 2 is 1.89 bits per heavy atom. The summed E-state index contributed by atoms with van der Waals surface area (Å²) in [4.78, 5) is 4.94. The number of rotatable bonds is 6. The molecule has 1 atom stereocenters. The zero-order valence-electron chi connectivity index (χ0n) is 16.9. The lowest BCUT2D eigenvalue weighted by Crippen LogP contribution is -2.25. The highest BCUT2D eigenvalue weighted by atomic mass is 16.5. The first-order valence-electron chi connectivity index (χ1n) is 10.4. The standard InChI is InChI=1S/C24H30N2O2/c1-17-12-13-23(18(2)14-17)28-16-20(27)15-26-22-11-7-6-10-21(22)25-24(26)19-8-4-3-5-9-19/h6-7,10-14,19-20,27H,3-5,8-9,15-16H2,1-2H3. The van der Waals surface area contributed by atoms with Crippen LogP contribution in [-0.2, 0) is 6.54 Å². The number of fused-ring (bicyclic) bond motifs is 1. The monoisotopic (exact) mass is 378 g/mol. The van der Waals surface area contributed by atoms with Crippen molar-refractivity contribution >= 4 is 11.0 Å². The van der Waals surface area contributed by atoms with Gasteiger partial charge in [0.05, 0.1) is 17.6 Å². The van der Waals surface area contributed by atoms with Crippen LogP contribution in [0.5, 0.6) is 5.75 Å². The fraction of sp³-hybridized carbons (Fsp3) is 0.458. The molecule has 0 aliphatic heterocycles. The highest BCUT2D eigenvalue weighted by Gasteiger charge is 2.23. The maximum absolute atomic E-state index is 10.7. The Hall–Kier alpha value is -2.33. The third kappa shape index (κ3) is 4.07. The number of imidazole rings is 1. The highest BCUT2D eigenvalue weighted by molar-refractivity contribution is 5.76. The summed E-state index contributed by atoms with van der Waals surface area (Å²) in [6.07, 6.45) is 5.67. The summed E-state index contributed by atoms with van der Waals surface area (Å²) in [6.45, 7) is 4.90. The predicted molar refractivity (Wildman–Crippen MR) is 113 cm³/mol. The lowest BCUT2D eigenvalue weighted by atomic mass is 9.88. The van der Waals surface area contributed by atoms with Crippen molar-refractivity contribution in [3.63, 3.8) is 0 Å². The third-order valence-electron chi connectivity index (χ3n) is 5.81. The predicted octanol–water partition coefficient (Wildman–Crippen LogP) is 5.14. The summed E-state index contributed by atoms with van der Waals surface area (Å²) in [6, 6.07) is 14.4. The normalized spacial score (nSPS) is 16.4. The number of aliphatic hydroxyl groups is 1. The van der Waals surface area contributed by atoms with E-state index in [1.54, 1.807) is 0 Å². The number of ether oxygens (including phenoxy) is 1. The minimum Gasteiger partial charge on any atom is -0.491 e. The molecule has 1 aromatic heterocycles. The lowest BCUT2D eigenvalue weighted by molar-refractivity contribution is 0.0919. The Kier molecular flexibility index (Phi) is 5.67. The number of aryl methyl sites for hydroxylation is 2. The number of nitrogens with zero attached hydrogens (tertiary/aromatic N) is 2. The molecular weight excluding hydrogens is 348 g/mol. The minimum atomic E-state index is -0.583. The summed E-state index contributed by atoms with van der Waals surface area (Å²) in [5.41, 5.74) is 4.44. The summed E-state index contributed by atoms with van der Waals surface area (Å²) in [5, 5.41) is 10.7. The number of para-hydroxylation sites is 2. The molecule has 4 rings (SSSR count). The van der Waals surface area contributed by atoms with Crippen molar-refractivity contribution in [2.24, 2.45) is 0 Å². The fourth-order valence-corrected chi connectivity index (χ4v) is 4.37. The van der Waals surface area contributed by atoms with E-state index in [-0.39, 0.29) is 6.61 Å². The van der Waals surface area contributed by atoms with Crippen LogP contribution in [0.15, 0.2) is 42.5 Å². The number of hydrogen-bond acceptors (Lipinski definition) is 3. The molecule has 1 aliphatic rings. The Bertz CT molecular complexity index is 941. The van der Waals surface area contributed by atoms with Crippen molar-refractivity contribution in [1.29, 1.82) is 0 Å². The van der Waals surface area contributed by atoms with Crippen LogP contribution in [0.2, 0.25) is 0 Å². The van der Waals surface area contributed by atoms with Crippen molar-refractivity contribution in [2.45, 2.75) is 64.5 Å². The quantitative estimate of drug-likeness (QED) is 0.646. The zero-order chi connectivity index (χ0) is 19.5. The molecule has 1 aliphatic carbocycles. The molecule has 148 valence electrons. The Labute approximate surface area is 167 Å². The Balaban J connectivity index is 1.52. The van der Waals surface area contributed by atoms with E-state index >= 15 is 0 Å². The second kappa shape index (κ2) is 8.36. The molecule has 1 N–H and O–H groups in total. The lowest BCUT2D eigenvalue weighted by Gasteiger charge is -2.23. The molecule has 4 nitrogen and oxygen atoms in total. The number of benzene rings is 2. The molecule has 28 heavy (non-hydrogen) atoms. The van der Waals surface area contributed by atoms with E-state index in [4.69, 9.17) is 9.72 Å². The Morgan fingerprint density at radius 1 is 1.11 bits per heavy atom.